The van der Waals surface area contributed by atoms with Gasteiger partial charge in [-0.1, -0.05) is 61.7 Å². The smallest absolute Gasteiger partial charge is 0.179 e. The fraction of sp³-hybridized carbons (Fsp3) is 0.464. The molecule has 32 heavy (non-hydrogen) atoms. The lowest BCUT2D eigenvalue weighted by Gasteiger charge is -2.37. The van der Waals surface area contributed by atoms with Crippen LogP contribution in [0.15, 0.2) is 48.5 Å². The van der Waals surface area contributed by atoms with E-state index in [4.69, 9.17) is 4.74 Å². The van der Waals surface area contributed by atoms with Crippen LogP contribution in [0.3, 0.4) is 0 Å². The highest BCUT2D eigenvalue weighted by atomic mass is 16.5. The summed E-state index contributed by atoms with van der Waals surface area (Å²) in [6, 6.07) is 17.1. The summed E-state index contributed by atoms with van der Waals surface area (Å²) in [6.45, 7) is 4.46. The maximum atomic E-state index is 9.80. The molecule has 3 atom stereocenters. The van der Waals surface area contributed by atoms with E-state index in [0.29, 0.717) is 18.4 Å². The first-order valence-electron chi connectivity index (χ1n) is 12.1. The fourth-order valence-electron chi connectivity index (χ4n) is 5.82. The molecule has 1 fully saturated rings. The largest absolute Gasteiger partial charge is 0.367 e. The van der Waals surface area contributed by atoms with E-state index >= 15 is 0 Å². The summed E-state index contributed by atoms with van der Waals surface area (Å²) in [6.07, 6.45) is 9.47. The average molecular weight is 428 g/mol. The second-order valence-corrected chi connectivity index (χ2v) is 9.63. The number of rotatable bonds is 3. The van der Waals surface area contributed by atoms with Gasteiger partial charge in [-0.3, -0.25) is 0 Å². The van der Waals surface area contributed by atoms with Crippen LogP contribution in [0.2, 0.25) is 0 Å². The number of aryl methyl sites for hydroxylation is 1. The van der Waals surface area contributed by atoms with Crippen molar-refractivity contribution in [1.29, 1.82) is 5.26 Å². The third-order valence-corrected chi connectivity index (χ3v) is 7.68. The molecule has 1 N–H and O–H groups in total. The number of ether oxygens (including phenoxy) is 1. The predicted octanol–water partition coefficient (Wildman–Crippen LogP) is 6.27. The molecule has 3 aromatic rings. The Morgan fingerprint density at radius 1 is 1.06 bits per heavy atom. The minimum absolute atomic E-state index is 0.0521. The lowest BCUT2D eigenvalue weighted by molar-refractivity contribution is 0.00444. The second-order valence-electron chi connectivity index (χ2n) is 9.63. The first-order chi connectivity index (χ1) is 15.7. The Morgan fingerprint density at radius 3 is 2.69 bits per heavy atom. The number of aromatic amines is 1. The third-order valence-electron chi connectivity index (χ3n) is 7.68. The number of fused-ring (bicyclic) bond motifs is 4. The van der Waals surface area contributed by atoms with Gasteiger partial charge >= 0.3 is 0 Å². The number of aromatic nitrogens is 1. The maximum absolute atomic E-state index is 9.80. The van der Waals surface area contributed by atoms with Gasteiger partial charge in [0.15, 0.2) is 6.19 Å². The predicted molar refractivity (Wildman–Crippen MR) is 128 cm³/mol. The Hall–Kier alpha value is -2.77. The van der Waals surface area contributed by atoms with E-state index in [9.17, 15) is 5.26 Å². The van der Waals surface area contributed by atoms with Gasteiger partial charge in [-0.25, -0.2) is 0 Å². The summed E-state index contributed by atoms with van der Waals surface area (Å²) in [5.41, 5.74) is 6.27. The first-order valence-corrected chi connectivity index (χ1v) is 12.1. The Kier molecular flexibility index (Phi) is 6.19. The molecule has 5 rings (SSSR count). The summed E-state index contributed by atoms with van der Waals surface area (Å²) in [4.78, 5) is 5.74. The number of para-hydroxylation sites is 1. The standard InChI is InChI=1S/C28H33N3O/c1-20-8-2-3-11-23(20)18-32-27-16-21-9-4-5-10-22(21)17-31(19-29)15-14-25-24-12-6-7-13-26(24)30-28(25)27/h2-3,6-8,11-13,21-22,27,30H,4-5,9-10,14-18H2,1H3. The summed E-state index contributed by atoms with van der Waals surface area (Å²) in [5, 5.41) is 11.1. The van der Waals surface area contributed by atoms with Crippen LogP contribution in [0.1, 0.15) is 60.6 Å². The molecule has 2 aromatic carbocycles. The Labute approximate surface area is 191 Å². The molecule has 4 nitrogen and oxygen atoms in total. The van der Waals surface area contributed by atoms with Crippen LogP contribution in [-0.2, 0) is 17.8 Å². The molecule has 0 saturated heterocycles. The van der Waals surface area contributed by atoms with E-state index in [0.717, 1.165) is 25.9 Å². The number of nitrogens with one attached hydrogen (secondary N) is 1. The van der Waals surface area contributed by atoms with Gasteiger partial charge < -0.3 is 14.6 Å². The van der Waals surface area contributed by atoms with Crippen LogP contribution in [0, 0.1) is 30.2 Å². The van der Waals surface area contributed by atoms with Crippen LogP contribution in [0.25, 0.3) is 10.9 Å². The van der Waals surface area contributed by atoms with Crippen molar-refractivity contribution in [3.8, 4) is 6.19 Å². The van der Waals surface area contributed by atoms with Gasteiger partial charge in [0, 0.05) is 29.7 Å². The van der Waals surface area contributed by atoms with E-state index in [-0.39, 0.29) is 6.10 Å². The van der Waals surface area contributed by atoms with Crippen molar-refractivity contribution in [2.45, 2.75) is 58.2 Å². The molecule has 1 saturated carbocycles. The molecular weight excluding hydrogens is 394 g/mol. The molecule has 1 aromatic heterocycles. The number of benzene rings is 2. The monoisotopic (exact) mass is 427 g/mol. The van der Waals surface area contributed by atoms with E-state index in [1.807, 2.05) is 4.90 Å². The molecule has 4 heteroatoms. The second kappa shape index (κ2) is 9.38. The Morgan fingerprint density at radius 2 is 1.84 bits per heavy atom. The summed E-state index contributed by atoms with van der Waals surface area (Å²) in [5.74, 6) is 1.18. The van der Waals surface area contributed by atoms with Crippen molar-refractivity contribution in [2.24, 2.45) is 11.8 Å². The third kappa shape index (κ3) is 4.27. The number of nitrogens with zero attached hydrogens (tertiary/aromatic N) is 2. The van der Waals surface area contributed by atoms with E-state index < -0.39 is 0 Å². The summed E-state index contributed by atoms with van der Waals surface area (Å²) < 4.78 is 6.73. The first kappa shape index (κ1) is 21.1. The zero-order valence-electron chi connectivity index (χ0n) is 19.0. The van der Waals surface area contributed by atoms with Gasteiger partial charge in [0.05, 0.1) is 12.7 Å². The van der Waals surface area contributed by atoms with Crippen molar-refractivity contribution < 1.29 is 4.74 Å². The van der Waals surface area contributed by atoms with Crippen molar-refractivity contribution in [1.82, 2.24) is 9.88 Å². The lowest BCUT2D eigenvalue weighted by Crippen LogP contribution is -2.35. The van der Waals surface area contributed by atoms with Crippen LogP contribution < -0.4 is 0 Å². The molecule has 2 heterocycles. The summed E-state index contributed by atoms with van der Waals surface area (Å²) >= 11 is 0. The fourth-order valence-corrected chi connectivity index (χ4v) is 5.82. The molecule has 0 bridgehead atoms. The highest BCUT2D eigenvalue weighted by Crippen LogP contribution is 2.41. The topological polar surface area (TPSA) is 52.0 Å². The number of hydrogen-bond donors (Lipinski definition) is 1. The van der Waals surface area contributed by atoms with Gasteiger partial charge in [0.1, 0.15) is 0 Å². The van der Waals surface area contributed by atoms with Gasteiger partial charge in [0.2, 0.25) is 0 Å². The van der Waals surface area contributed by atoms with Gasteiger partial charge in [-0.15, -0.1) is 0 Å². The van der Waals surface area contributed by atoms with Gasteiger partial charge in [-0.2, -0.15) is 5.26 Å². The van der Waals surface area contributed by atoms with Crippen molar-refractivity contribution >= 4 is 10.9 Å². The van der Waals surface area contributed by atoms with Crippen LogP contribution in [0.5, 0.6) is 0 Å². The number of hydrogen-bond acceptors (Lipinski definition) is 3. The SMILES string of the molecule is Cc1ccccc1COC1CC2CCCCC2CN(C#N)CCc2c1[nH]c1ccccc21. The van der Waals surface area contributed by atoms with Crippen LogP contribution in [-0.4, -0.2) is 23.0 Å². The molecular formula is C28H33N3O. The lowest BCUT2D eigenvalue weighted by atomic mass is 9.75. The number of H-pyrrole nitrogens is 1. The zero-order chi connectivity index (χ0) is 21.9. The minimum atomic E-state index is 0.0521. The molecule has 2 aliphatic rings. The van der Waals surface area contributed by atoms with Crippen LogP contribution >= 0.6 is 0 Å². The summed E-state index contributed by atoms with van der Waals surface area (Å²) in [7, 11) is 0. The molecule has 0 amide bonds. The molecule has 0 radical (unpaired) electrons. The Bertz CT molecular complexity index is 1110. The molecule has 0 spiro atoms. The quantitative estimate of drug-likeness (QED) is 0.501. The van der Waals surface area contributed by atoms with Crippen LogP contribution in [0.4, 0.5) is 0 Å². The normalized spacial score (nSPS) is 23.9. The highest BCUT2D eigenvalue weighted by molar-refractivity contribution is 5.84. The number of nitriles is 1. The Balaban J connectivity index is 1.53. The van der Waals surface area contributed by atoms with E-state index in [2.05, 4.69) is 66.6 Å². The van der Waals surface area contributed by atoms with Crippen molar-refractivity contribution in [2.75, 3.05) is 13.1 Å². The van der Waals surface area contributed by atoms with E-state index in [1.54, 1.807) is 0 Å². The molecule has 3 unspecified atom stereocenters. The van der Waals surface area contributed by atoms with E-state index in [1.165, 1.54) is 59.0 Å². The molecule has 1 aliphatic carbocycles. The zero-order valence-corrected chi connectivity index (χ0v) is 19.0. The minimum Gasteiger partial charge on any atom is -0.367 e. The van der Waals surface area contributed by atoms with Crippen molar-refractivity contribution in [3.63, 3.8) is 0 Å². The van der Waals surface area contributed by atoms with Crippen molar-refractivity contribution in [3.05, 3.63) is 70.9 Å². The molecule has 166 valence electrons. The maximum Gasteiger partial charge on any atom is 0.179 e. The highest BCUT2D eigenvalue weighted by Gasteiger charge is 2.33. The van der Waals surface area contributed by atoms with Gasteiger partial charge in [0.25, 0.3) is 0 Å². The molecule has 1 aliphatic heterocycles. The van der Waals surface area contributed by atoms with Gasteiger partial charge in [-0.05, 0) is 60.8 Å². The average Bonchev–Trinajstić information content (AvgIpc) is 3.19.